The summed E-state index contributed by atoms with van der Waals surface area (Å²) in [5, 5.41) is 1.54. The molecule has 3 nitrogen and oxygen atoms in total. The van der Waals surface area contributed by atoms with Crippen molar-refractivity contribution >= 4 is 28.9 Å². The van der Waals surface area contributed by atoms with Crippen molar-refractivity contribution in [2.45, 2.75) is 13.3 Å². The summed E-state index contributed by atoms with van der Waals surface area (Å²) in [7, 11) is 0. The Balaban J connectivity index is 1.49. The number of hydrogen-bond acceptors (Lipinski definition) is 3. The smallest absolute Gasteiger partial charge is 0.0553 e. The highest BCUT2D eigenvalue weighted by atomic mass is 35.5. The van der Waals surface area contributed by atoms with Crippen LogP contribution in [0.3, 0.4) is 0 Å². The first-order valence-corrected chi connectivity index (χ1v) is 10.6. The second-order valence-electron chi connectivity index (χ2n) is 7.57. The molecule has 2 aliphatic rings. The van der Waals surface area contributed by atoms with Crippen molar-refractivity contribution in [2.24, 2.45) is 11.8 Å². The van der Waals surface area contributed by atoms with Crippen molar-refractivity contribution in [3.05, 3.63) is 82.3 Å². The third-order valence-electron chi connectivity index (χ3n) is 5.80. The highest BCUT2D eigenvalue weighted by Crippen LogP contribution is 2.35. The first-order valence-electron chi connectivity index (χ1n) is 9.84. The maximum Gasteiger partial charge on any atom is 0.0553 e. The Hall–Kier alpha value is -1.97. The zero-order valence-corrected chi connectivity index (χ0v) is 17.6. The Morgan fingerprint density at radius 2 is 1.86 bits per heavy atom. The lowest BCUT2D eigenvalue weighted by Crippen LogP contribution is -2.47. The quantitative estimate of drug-likeness (QED) is 0.663. The van der Waals surface area contributed by atoms with Gasteiger partial charge in [0.2, 0.25) is 0 Å². The van der Waals surface area contributed by atoms with Gasteiger partial charge in [-0.2, -0.15) is 0 Å². The van der Waals surface area contributed by atoms with E-state index in [9.17, 15) is 0 Å². The van der Waals surface area contributed by atoms with E-state index in [2.05, 4.69) is 46.0 Å². The van der Waals surface area contributed by atoms with Gasteiger partial charge in [0.05, 0.1) is 11.9 Å². The maximum absolute atomic E-state index is 6.46. The molecule has 146 valence electrons. The topological polar surface area (TPSA) is 19.4 Å². The van der Waals surface area contributed by atoms with Gasteiger partial charge in [0.15, 0.2) is 0 Å². The molecule has 2 heterocycles. The van der Waals surface area contributed by atoms with Crippen LogP contribution in [0.5, 0.6) is 0 Å². The summed E-state index contributed by atoms with van der Waals surface area (Å²) < 4.78 is 0. The fourth-order valence-corrected chi connectivity index (χ4v) is 4.58. The Morgan fingerprint density at radius 1 is 1.07 bits per heavy atom. The van der Waals surface area contributed by atoms with Crippen LogP contribution in [0.15, 0.2) is 66.7 Å². The van der Waals surface area contributed by atoms with Gasteiger partial charge in [0.25, 0.3) is 0 Å². The van der Waals surface area contributed by atoms with Gasteiger partial charge in [-0.05, 0) is 54.3 Å². The Kier molecular flexibility index (Phi) is 5.93. The van der Waals surface area contributed by atoms with E-state index in [-0.39, 0.29) is 0 Å². The maximum atomic E-state index is 6.46. The highest BCUT2D eigenvalue weighted by molar-refractivity contribution is 6.33. The van der Waals surface area contributed by atoms with Gasteiger partial charge in [-0.1, -0.05) is 42.3 Å². The molecule has 0 saturated carbocycles. The van der Waals surface area contributed by atoms with Crippen LogP contribution in [0.25, 0.3) is 0 Å². The molecule has 2 atom stereocenters. The zero-order chi connectivity index (χ0) is 19.5. The molecule has 2 aromatic rings. The van der Waals surface area contributed by atoms with Gasteiger partial charge in [0.1, 0.15) is 0 Å². The van der Waals surface area contributed by atoms with Gasteiger partial charge >= 0.3 is 0 Å². The molecule has 1 aliphatic heterocycles. The Morgan fingerprint density at radius 3 is 2.61 bits per heavy atom. The molecule has 0 spiro atoms. The van der Waals surface area contributed by atoms with Gasteiger partial charge in [-0.25, -0.2) is 0 Å². The number of aromatic nitrogens is 1. The first kappa shape index (κ1) is 19.4. The molecule has 1 aromatic heterocycles. The lowest BCUT2D eigenvalue weighted by atomic mass is 9.81. The summed E-state index contributed by atoms with van der Waals surface area (Å²) in [5.41, 5.74) is 3.74. The van der Waals surface area contributed by atoms with E-state index in [4.69, 9.17) is 23.2 Å². The molecule has 1 saturated heterocycles. The normalized spacial score (nSPS) is 22.3. The molecule has 2 unspecified atom stereocenters. The van der Waals surface area contributed by atoms with Crippen LogP contribution in [0.4, 0.5) is 5.69 Å². The molecular formula is C23H25Cl2N3. The number of anilines is 1. The number of piperazine rings is 1. The van der Waals surface area contributed by atoms with Crippen molar-refractivity contribution in [3.8, 4) is 0 Å². The minimum absolute atomic E-state index is 0.408. The molecular weight excluding hydrogens is 389 g/mol. The van der Waals surface area contributed by atoms with Gasteiger partial charge in [-0.15, -0.1) is 0 Å². The van der Waals surface area contributed by atoms with E-state index >= 15 is 0 Å². The average Bonchev–Trinajstić information content (AvgIpc) is 2.73. The van der Waals surface area contributed by atoms with Crippen molar-refractivity contribution in [1.82, 2.24) is 9.88 Å². The van der Waals surface area contributed by atoms with Crippen molar-refractivity contribution in [1.29, 1.82) is 0 Å². The predicted molar refractivity (Wildman–Crippen MR) is 118 cm³/mol. The van der Waals surface area contributed by atoms with Crippen LogP contribution in [-0.2, 0) is 6.42 Å². The third kappa shape index (κ3) is 4.21. The molecule has 4 rings (SSSR count). The molecule has 0 amide bonds. The minimum atomic E-state index is 0.408. The van der Waals surface area contributed by atoms with Crippen molar-refractivity contribution in [2.75, 3.05) is 31.1 Å². The molecule has 1 fully saturated rings. The molecule has 1 aliphatic carbocycles. The van der Waals surface area contributed by atoms with Crippen LogP contribution >= 0.6 is 23.2 Å². The van der Waals surface area contributed by atoms with Crippen LogP contribution < -0.4 is 4.90 Å². The monoisotopic (exact) mass is 413 g/mol. The molecule has 0 bridgehead atoms. The molecule has 1 aromatic carbocycles. The van der Waals surface area contributed by atoms with E-state index in [1.165, 1.54) is 11.4 Å². The predicted octanol–water partition coefficient (Wildman–Crippen LogP) is 5.46. The number of hydrogen-bond donors (Lipinski definition) is 0. The van der Waals surface area contributed by atoms with Crippen LogP contribution in [0, 0.1) is 11.8 Å². The van der Waals surface area contributed by atoms with Gasteiger partial charge < -0.3 is 9.80 Å². The number of rotatable bonds is 4. The van der Waals surface area contributed by atoms with E-state index in [1.807, 2.05) is 36.7 Å². The summed E-state index contributed by atoms with van der Waals surface area (Å²) in [5.74, 6) is 0.873. The van der Waals surface area contributed by atoms with Crippen molar-refractivity contribution < 1.29 is 0 Å². The second-order valence-corrected chi connectivity index (χ2v) is 8.41. The number of allylic oxidation sites excluding steroid dienone is 4. The molecule has 0 N–H and O–H groups in total. The van der Waals surface area contributed by atoms with Gasteiger partial charge in [0, 0.05) is 54.0 Å². The Labute approximate surface area is 177 Å². The van der Waals surface area contributed by atoms with E-state index in [1.54, 1.807) is 0 Å². The summed E-state index contributed by atoms with van der Waals surface area (Å²) >= 11 is 12.7. The van der Waals surface area contributed by atoms with E-state index < -0.39 is 0 Å². The van der Waals surface area contributed by atoms with Gasteiger partial charge in [-0.3, -0.25) is 4.98 Å². The molecule has 0 radical (unpaired) electrons. The largest absolute Gasteiger partial charge is 0.371 e. The Bertz CT molecular complexity index is 871. The number of halogens is 2. The summed E-state index contributed by atoms with van der Waals surface area (Å²) in [4.78, 5) is 9.20. The standard InChI is InChI=1S/C23H25Cl2N3/c1-17-4-2-6-23(21(17)15-18-14-19(24)7-8-22(18)25)28-12-10-27(11-13-28)20-5-3-9-26-16-20/h2-9,14,16-17,21H,10-13,15H2,1H3. The van der Waals surface area contributed by atoms with Crippen LogP contribution in [0.1, 0.15) is 12.5 Å². The second kappa shape index (κ2) is 8.59. The minimum Gasteiger partial charge on any atom is -0.371 e. The number of nitrogens with zero attached hydrogens (tertiary/aromatic N) is 3. The zero-order valence-electron chi connectivity index (χ0n) is 16.1. The summed E-state index contributed by atoms with van der Waals surface area (Å²) in [6, 6.07) is 9.90. The van der Waals surface area contributed by atoms with Crippen LogP contribution in [0.2, 0.25) is 10.0 Å². The van der Waals surface area contributed by atoms with Crippen molar-refractivity contribution in [3.63, 3.8) is 0 Å². The van der Waals surface area contributed by atoms with E-state index in [0.717, 1.165) is 48.2 Å². The van der Waals surface area contributed by atoms with Crippen LogP contribution in [-0.4, -0.2) is 36.1 Å². The third-order valence-corrected chi connectivity index (χ3v) is 6.40. The SMILES string of the molecule is CC1C=CC=C(N2CCN(c3cccnc3)CC2)C1Cc1cc(Cl)ccc1Cl. The molecule has 28 heavy (non-hydrogen) atoms. The first-order chi connectivity index (χ1) is 13.6. The molecule has 5 heteroatoms. The number of pyridine rings is 1. The highest BCUT2D eigenvalue weighted by Gasteiger charge is 2.29. The lowest BCUT2D eigenvalue weighted by Gasteiger charge is -2.42. The summed E-state index contributed by atoms with van der Waals surface area (Å²) in [6.07, 6.45) is 11.4. The summed E-state index contributed by atoms with van der Waals surface area (Å²) in [6.45, 7) is 6.33. The average molecular weight is 414 g/mol. The lowest BCUT2D eigenvalue weighted by molar-refractivity contribution is 0.262. The number of benzene rings is 1. The fraction of sp³-hybridized carbons (Fsp3) is 0.348. The fourth-order valence-electron chi connectivity index (χ4n) is 4.19. The van der Waals surface area contributed by atoms with E-state index in [0.29, 0.717) is 11.8 Å².